The summed E-state index contributed by atoms with van der Waals surface area (Å²) < 4.78 is 27.0. The van der Waals surface area contributed by atoms with Gasteiger partial charge in [0.25, 0.3) is 0 Å². The molecule has 0 saturated carbocycles. The van der Waals surface area contributed by atoms with Gasteiger partial charge in [0.05, 0.1) is 0 Å². The Morgan fingerprint density at radius 2 is 2.20 bits per heavy atom. The Kier molecular flexibility index (Phi) is 4.96. The molecule has 0 bridgehead atoms. The molecule has 0 aliphatic rings. The zero-order valence-corrected chi connectivity index (χ0v) is 13.2. The van der Waals surface area contributed by atoms with Gasteiger partial charge in [-0.05, 0) is 25.1 Å². The topological polar surface area (TPSA) is 66.4 Å². The van der Waals surface area contributed by atoms with Crippen molar-refractivity contribution >= 4 is 32.7 Å². The van der Waals surface area contributed by atoms with Gasteiger partial charge in [-0.2, -0.15) is 0 Å². The number of nitrogens with one attached hydrogen (secondary N) is 1. The van der Waals surface area contributed by atoms with Gasteiger partial charge in [0.2, 0.25) is 10.0 Å². The Morgan fingerprint density at radius 1 is 1.40 bits per heavy atom. The van der Waals surface area contributed by atoms with Gasteiger partial charge in [-0.25, -0.2) is 13.1 Å². The largest absolute Gasteiger partial charge is 0.384 e. The molecule has 0 atom stereocenters. The summed E-state index contributed by atoms with van der Waals surface area (Å²) in [5.41, 5.74) is 0.783. The molecule has 0 aliphatic carbocycles. The predicted molar refractivity (Wildman–Crippen MR) is 81.4 cm³/mol. The van der Waals surface area contributed by atoms with Crippen LogP contribution in [-0.4, -0.2) is 20.1 Å². The van der Waals surface area contributed by atoms with Gasteiger partial charge in [-0.3, -0.25) is 0 Å². The van der Waals surface area contributed by atoms with Gasteiger partial charge >= 0.3 is 0 Å². The van der Waals surface area contributed by atoms with E-state index >= 15 is 0 Å². The van der Waals surface area contributed by atoms with Crippen LogP contribution in [0.1, 0.15) is 15.3 Å². The third-order valence-electron chi connectivity index (χ3n) is 2.38. The molecule has 0 radical (unpaired) electrons. The maximum Gasteiger partial charge on any atom is 0.250 e. The van der Waals surface area contributed by atoms with Gasteiger partial charge in [-0.1, -0.05) is 11.8 Å². The van der Waals surface area contributed by atoms with E-state index in [0.717, 1.165) is 15.3 Å². The van der Waals surface area contributed by atoms with Crippen LogP contribution < -0.4 is 4.72 Å². The molecule has 20 heavy (non-hydrogen) atoms. The number of thiophene rings is 2. The van der Waals surface area contributed by atoms with Crippen LogP contribution in [0.5, 0.6) is 0 Å². The second-order valence-corrected chi connectivity index (χ2v) is 8.23. The normalized spacial score (nSPS) is 11.1. The summed E-state index contributed by atoms with van der Waals surface area (Å²) in [6.45, 7) is 1.93. The minimum atomic E-state index is -3.45. The second-order valence-electron chi connectivity index (χ2n) is 3.95. The highest BCUT2D eigenvalue weighted by Gasteiger charge is 2.15. The smallest absolute Gasteiger partial charge is 0.250 e. The lowest BCUT2D eigenvalue weighted by Gasteiger charge is -2.02. The third-order valence-corrected chi connectivity index (χ3v) is 6.21. The summed E-state index contributed by atoms with van der Waals surface area (Å²) in [5, 5.41) is 10.4. The Labute approximate surface area is 126 Å². The first-order valence-corrected chi connectivity index (χ1v) is 8.92. The highest BCUT2D eigenvalue weighted by atomic mass is 32.2. The van der Waals surface area contributed by atoms with E-state index in [2.05, 4.69) is 16.6 Å². The molecule has 0 aliphatic heterocycles. The highest BCUT2D eigenvalue weighted by molar-refractivity contribution is 7.91. The van der Waals surface area contributed by atoms with Crippen LogP contribution >= 0.6 is 22.7 Å². The molecule has 0 amide bonds. The molecule has 0 saturated heterocycles. The fourth-order valence-electron chi connectivity index (χ4n) is 1.47. The van der Waals surface area contributed by atoms with Crippen molar-refractivity contribution in [1.82, 2.24) is 4.72 Å². The number of aliphatic hydroxyl groups is 1. The van der Waals surface area contributed by atoms with Crippen LogP contribution in [0.3, 0.4) is 0 Å². The molecule has 0 fully saturated rings. The van der Waals surface area contributed by atoms with Gasteiger partial charge in [0, 0.05) is 27.2 Å². The third kappa shape index (κ3) is 3.91. The predicted octanol–water partition coefficient (Wildman–Crippen LogP) is 1.94. The lowest BCUT2D eigenvalue weighted by Crippen LogP contribution is -2.21. The summed E-state index contributed by atoms with van der Waals surface area (Å²) in [5.74, 6) is 5.34. The highest BCUT2D eigenvalue weighted by Crippen LogP contribution is 2.21. The van der Waals surface area contributed by atoms with E-state index < -0.39 is 10.0 Å². The molecule has 2 rings (SSSR count). The number of aryl methyl sites for hydroxylation is 1. The first kappa shape index (κ1) is 15.2. The Hall–Kier alpha value is -1.17. The van der Waals surface area contributed by atoms with Crippen molar-refractivity contribution in [2.45, 2.75) is 17.7 Å². The van der Waals surface area contributed by atoms with Crippen LogP contribution in [0.15, 0.2) is 27.8 Å². The standard InChI is InChI=1S/C13H13NO3S3/c1-10-4-5-13(19-10)20(16,17)14-8-12-7-11(9-18-12)3-2-6-15/h4-5,7,9,14-15H,6,8H2,1H3. The van der Waals surface area contributed by atoms with Crippen molar-refractivity contribution in [1.29, 1.82) is 0 Å². The van der Waals surface area contributed by atoms with E-state index in [0.29, 0.717) is 4.21 Å². The Morgan fingerprint density at radius 3 is 2.85 bits per heavy atom. The van der Waals surface area contributed by atoms with Gasteiger partial charge in [-0.15, -0.1) is 22.7 Å². The van der Waals surface area contributed by atoms with Gasteiger partial charge < -0.3 is 5.11 Å². The van der Waals surface area contributed by atoms with Crippen molar-refractivity contribution in [2.24, 2.45) is 0 Å². The average molecular weight is 327 g/mol. The maximum absolute atomic E-state index is 12.0. The van der Waals surface area contributed by atoms with Crippen molar-refractivity contribution in [3.8, 4) is 11.8 Å². The number of hydrogen-bond donors (Lipinski definition) is 2. The van der Waals surface area contributed by atoms with E-state index in [1.54, 1.807) is 12.1 Å². The molecule has 106 valence electrons. The van der Waals surface area contributed by atoms with E-state index in [-0.39, 0.29) is 13.2 Å². The zero-order valence-electron chi connectivity index (χ0n) is 10.7. The number of aliphatic hydroxyl groups excluding tert-OH is 1. The van der Waals surface area contributed by atoms with E-state index in [1.807, 2.05) is 18.4 Å². The van der Waals surface area contributed by atoms with Crippen molar-refractivity contribution in [3.63, 3.8) is 0 Å². The summed E-state index contributed by atoms with van der Waals surface area (Å²) in [4.78, 5) is 1.84. The molecule has 4 nitrogen and oxygen atoms in total. The number of rotatable bonds is 4. The molecule has 0 spiro atoms. The van der Waals surface area contributed by atoms with Crippen molar-refractivity contribution in [3.05, 3.63) is 38.9 Å². The molecule has 7 heteroatoms. The summed E-state index contributed by atoms with van der Waals surface area (Å²) >= 11 is 2.68. The lowest BCUT2D eigenvalue weighted by molar-refractivity contribution is 0.350. The average Bonchev–Trinajstić information content (AvgIpc) is 3.03. The first-order chi connectivity index (χ1) is 9.51. The SMILES string of the molecule is Cc1ccc(S(=O)(=O)NCc2cc(C#CCO)cs2)s1. The van der Waals surface area contributed by atoms with Crippen LogP contribution in [0, 0.1) is 18.8 Å². The van der Waals surface area contributed by atoms with Crippen LogP contribution in [0.25, 0.3) is 0 Å². The van der Waals surface area contributed by atoms with E-state index in [4.69, 9.17) is 5.11 Å². The minimum absolute atomic E-state index is 0.185. The summed E-state index contributed by atoms with van der Waals surface area (Å²) in [7, 11) is -3.45. The summed E-state index contributed by atoms with van der Waals surface area (Å²) in [6, 6.07) is 5.21. The second kappa shape index (κ2) is 6.52. The Bertz CT molecular complexity index is 747. The van der Waals surface area contributed by atoms with E-state index in [1.165, 1.54) is 22.7 Å². The first-order valence-electron chi connectivity index (χ1n) is 5.74. The fraction of sp³-hybridized carbons (Fsp3) is 0.231. The molecule has 0 aromatic carbocycles. The van der Waals surface area contributed by atoms with Crippen molar-refractivity contribution in [2.75, 3.05) is 6.61 Å². The molecular formula is C13H13NO3S3. The van der Waals surface area contributed by atoms with Gasteiger partial charge in [0.15, 0.2) is 0 Å². The van der Waals surface area contributed by atoms with Crippen LogP contribution in [0.2, 0.25) is 0 Å². The monoisotopic (exact) mass is 327 g/mol. The quantitative estimate of drug-likeness (QED) is 0.844. The Balaban J connectivity index is 2.03. The molecule has 0 unspecified atom stereocenters. The molecule has 2 heterocycles. The number of sulfonamides is 1. The number of hydrogen-bond acceptors (Lipinski definition) is 5. The molecular weight excluding hydrogens is 314 g/mol. The maximum atomic E-state index is 12.0. The molecule has 2 aromatic rings. The van der Waals surface area contributed by atoms with Crippen LogP contribution in [0.4, 0.5) is 0 Å². The fourth-order valence-corrected chi connectivity index (χ4v) is 4.66. The lowest BCUT2D eigenvalue weighted by atomic mass is 10.3. The van der Waals surface area contributed by atoms with E-state index in [9.17, 15) is 8.42 Å². The van der Waals surface area contributed by atoms with Crippen LogP contribution in [-0.2, 0) is 16.6 Å². The molecule has 2 aromatic heterocycles. The minimum Gasteiger partial charge on any atom is -0.384 e. The zero-order chi connectivity index (χ0) is 14.6. The summed E-state index contributed by atoms with van der Waals surface area (Å²) in [6.07, 6.45) is 0. The van der Waals surface area contributed by atoms with Crippen molar-refractivity contribution < 1.29 is 13.5 Å². The van der Waals surface area contributed by atoms with Gasteiger partial charge in [0.1, 0.15) is 10.8 Å². The molecule has 2 N–H and O–H groups in total.